The standard InChI is InChI=1S/C32H29ClN2O4S/c1-2-38-32(37)22-14-12-21(13-15-22)20-39-27-17-16-24(33)18-23(27)19-34-31-29(26-10-6-7-11-28(26)40-31)30(36)35-25-8-4-3-5-9-25/h3-5,8-9,12-19H,2,6-7,10-11,20H2,1H3,(H,35,36). The molecule has 1 N–H and O–H groups in total. The first-order chi connectivity index (χ1) is 19.5. The molecule has 0 saturated carbocycles. The molecule has 0 fully saturated rings. The van der Waals surface area contributed by atoms with Crippen molar-refractivity contribution in [2.24, 2.45) is 4.99 Å². The highest BCUT2D eigenvalue weighted by Crippen LogP contribution is 2.40. The van der Waals surface area contributed by atoms with Crippen molar-refractivity contribution in [2.75, 3.05) is 11.9 Å². The number of nitrogens with zero attached hydrogens (tertiary/aromatic N) is 1. The average molecular weight is 573 g/mol. The van der Waals surface area contributed by atoms with Gasteiger partial charge in [-0.1, -0.05) is 41.9 Å². The maximum atomic E-state index is 13.4. The predicted molar refractivity (Wildman–Crippen MR) is 161 cm³/mol. The first kappa shape index (κ1) is 27.6. The maximum Gasteiger partial charge on any atom is 0.338 e. The lowest BCUT2D eigenvalue weighted by molar-refractivity contribution is 0.0526. The van der Waals surface area contributed by atoms with E-state index >= 15 is 0 Å². The van der Waals surface area contributed by atoms with Crippen LogP contribution in [0.5, 0.6) is 5.75 Å². The second-order valence-electron chi connectivity index (χ2n) is 9.36. The Balaban J connectivity index is 1.37. The fourth-order valence-corrected chi connectivity index (χ4v) is 6.00. The number of para-hydroxylation sites is 1. The zero-order valence-electron chi connectivity index (χ0n) is 22.1. The minimum Gasteiger partial charge on any atom is -0.488 e. The number of fused-ring (bicyclic) bond motifs is 1. The van der Waals surface area contributed by atoms with Crippen LogP contribution in [0.15, 0.2) is 77.8 Å². The Morgan fingerprint density at radius 1 is 1.02 bits per heavy atom. The van der Waals surface area contributed by atoms with E-state index in [4.69, 9.17) is 26.1 Å². The third kappa shape index (κ3) is 6.61. The molecule has 5 rings (SSSR count). The molecular formula is C32H29ClN2O4S. The number of benzene rings is 3. The first-order valence-corrected chi connectivity index (χ1v) is 14.4. The molecule has 6 nitrogen and oxygen atoms in total. The Bertz CT molecular complexity index is 1530. The minimum absolute atomic E-state index is 0.147. The molecule has 1 aliphatic carbocycles. The molecule has 0 aliphatic heterocycles. The normalized spacial score (nSPS) is 12.7. The van der Waals surface area contributed by atoms with Crippen LogP contribution in [0.3, 0.4) is 0 Å². The Hall–Kier alpha value is -3.94. The SMILES string of the molecule is CCOC(=O)c1ccc(COc2ccc(Cl)cc2C=Nc2sc3c(c2C(=O)Nc2ccccc2)CCCC3)cc1. The largest absolute Gasteiger partial charge is 0.488 e. The van der Waals surface area contributed by atoms with E-state index in [2.05, 4.69) is 5.32 Å². The molecule has 204 valence electrons. The van der Waals surface area contributed by atoms with Crippen molar-refractivity contribution in [3.8, 4) is 5.75 Å². The summed E-state index contributed by atoms with van der Waals surface area (Å²) < 4.78 is 11.2. The van der Waals surface area contributed by atoms with Crippen LogP contribution < -0.4 is 10.1 Å². The van der Waals surface area contributed by atoms with Crippen LogP contribution in [0.1, 0.15) is 62.0 Å². The van der Waals surface area contributed by atoms with E-state index in [1.54, 1.807) is 54.8 Å². The van der Waals surface area contributed by atoms with E-state index in [1.807, 2.05) is 42.5 Å². The van der Waals surface area contributed by atoms with Gasteiger partial charge < -0.3 is 14.8 Å². The molecule has 8 heteroatoms. The summed E-state index contributed by atoms with van der Waals surface area (Å²) >= 11 is 7.90. The summed E-state index contributed by atoms with van der Waals surface area (Å²) in [6.45, 7) is 2.40. The molecule has 40 heavy (non-hydrogen) atoms. The van der Waals surface area contributed by atoms with Gasteiger partial charge in [-0.15, -0.1) is 11.3 Å². The van der Waals surface area contributed by atoms with Crippen molar-refractivity contribution in [1.82, 2.24) is 0 Å². The second kappa shape index (κ2) is 12.9. The molecule has 0 atom stereocenters. The second-order valence-corrected chi connectivity index (χ2v) is 10.9. The Morgan fingerprint density at radius 2 is 1.80 bits per heavy atom. The molecule has 0 unspecified atom stereocenters. The zero-order chi connectivity index (χ0) is 27.9. The molecule has 1 heterocycles. The van der Waals surface area contributed by atoms with Crippen molar-refractivity contribution in [3.05, 3.63) is 111 Å². The molecule has 4 aromatic rings. The van der Waals surface area contributed by atoms with Crippen molar-refractivity contribution >= 4 is 51.7 Å². The molecule has 0 bridgehead atoms. The highest BCUT2D eigenvalue weighted by atomic mass is 35.5. The van der Waals surface area contributed by atoms with E-state index in [-0.39, 0.29) is 11.9 Å². The summed E-state index contributed by atoms with van der Waals surface area (Å²) in [7, 11) is 0. The predicted octanol–water partition coefficient (Wildman–Crippen LogP) is 8.04. The van der Waals surface area contributed by atoms with Gasteiger partial charge in [-0.3, -0.25) is 4.79 Å². The maximum absolute atomic E-state index is 13.4. The molecule has 1 aliphatic rings. The number of aryl methyl sites for hydroxylation is 1. The Labute approximate surface area is 242 Å². The number of ether oxygens (including phenoxy) is 2. The summed E-state index contributed by atoms with van der Waals surface area (Å²) in [6.07, 6.45) is 5.72. The Morgan fingerprint density at radius 3 is 2.58 bits per heavy atom. The van der Waals surface area contributed by atoms with Crippen LogP contribution in [0.2, 0.25) is 5.02 Å². The number of carbonyl (C=O) groups excluding carboxylic acids is 2. The van der Waals surface area contributed by atoms with Gasteiger partial charge in [0.25, 0.3) is 5.91 Å². The highest BCUT2D eigenvalue weighted by molar-refractivity contribution is 7.16. The minimum atomic E-state index is -0.349. The summed E-state index contributed by atoms with van der Waals surface area (Å²) in [5.74, 6) is 0.115. The van der Waals surface area contributed by atoms with Gasteiger partial charge in [0.05, 0.1) is 17.7 Å². The summed E-state index contributed by atoms with van der Waals surface area (Å²) in [4.78, 5) is 31.3. The van der Waals surface area contributed by atoms with Gasteiger partial charge in [0.1, 0.15) is 17.4 Å². The third-order valence-electron chi connectivity index (χ3n) is 6.56. The lowest BCUT2D eigenvalue weighted by Crippen LogP contribution is -2.14. The summed E-state index contributed by atoms with van der Waals surface area (Å²) in [6, 6.07) is 21.9. The van der Waals surface area contributed by atoms with Gasteiger partial charge in [-0.25, -0.2) is 9.79 Å². The zero-order valence-corrected chi connectivity index (χ0v) is 23.7. The number of anilines is 1. The monoisotopic (exact) mass is 572 g/mol. The quantitative estimate of drug-likeness (QED) is 0.163. The van der Waals surface area contributed by atoms with E-state index < -0.39 is 0 Å². The van der Waals surface area contributed by atoms with Crippen molar-refractivity contribution < 1.29 is 19.1 Å². The van der Waals surface area contributed by atoms with E-state index in [0.717, 1.165) is 42.5 Å². The molecular weight excluding hydrogens is 544 g/mol. The summed E-state index contributed by atoms with van der Waals surface area (Å²) in [5, 5.41) is 4.27. The number of aliphatic imine (C=N–C) groups is 1. The van der Waals surface area contributed by atoms with Crippen molar-refractivity contribution in [2.45, 2.75) is 39.2 Å². The van der Waals surface area contributed by atoms with E-state index in [0.29, 0.717) is 45.7 Å². The number of amides is 1. The smallest absolute Gasteiger partial charge is 0.338 e. The fourth-order valence-electron chi connectivity index (χ4n) is 4.58. The molecule has 0 saturated heterocycles. The average Bonchev–Trinajstić information content (AvgIpc) is 3.35. The number of thiophene rings is 1. The number of hydrogen-bond acceptors (Lipinski definition) is 6. The Kier molecular flexibility index (Phi) is 8.94. The molecule has 1 amide bonds. The van der Waals surface area contributed by atoms with Gasteiger partial charge in [-0.05, 0) is 86.2 Å². The number of esters is 1. The number of hydrogen-bond donors (Lipinski definition) is 1. The van der Waals surface area contributed by atoms with Gasteiger partial charge in [0, 0.05) is 27.4 Å². The lowest BCUT2D eigenvalue weighted by atomic mass is 9.95. The number of carbonyl (C=O) groups is 2. The fraction of sp³-hybridized carbons (Fsp3) is 0.219. The van der Waals surface area contributed by atoms with Gasteiger partial charge in [0.2, 0.25) is 0 Å². The van der Waals surface area contributed by atoms with Crippen LogP contribution in [-0.2, 0) is 24.2 Å². The van der Waals surface area contributed by atoms with Crippen LogP contribution in [0.4, 0.5) is 10.7 Å². The summed E-state index contributed by atoms with van der Waals surface area (Å²) in [5.41, 5.74) is 4.60. The highest BCUT2D eigenvalue weighted by Gasteiger charge is 2.25. The molecule has 1 aromatic heterocycles. The van der Waals surface area contributed by atoms with E-state index in [1.165, 1.54) is 4.88 Å². The third-order valence-corrected chi connectivity index (χ3v) is 8.00. The van der Waals surface area contributed by atoms with Gasteiger partial charge in [-0.2, -0.15) is 0 Å². The number of nitrogens with one attached hydrogen (secondary N) is 1. The lowest BCUT2D eigenvalue weighted by Gasteiger charge is -2.13. The van der Waals surface area contributed by atoms with Crippen LogP contribution >= 0.6 is 22.9 Å². The molecule has 0 spiro atoms. The number of halogens is 1. The molecule has 3 aromatic carbocycles. The van der Waals surface area contributed by atoms with Gasteiger partial charge >= 0.3 is 5.97 Å². The number of rotatable bonds is 9. The van der Waals surface area contributed by atoms with E-state index in [9.17, 15) is 9.59 Å². The van der Waals surface area contributed by atoms with Crippen LogP contribution in [0.25, 0.3) is 0 Å². The van der Waals surface area contributed by atoms with Gasteiger partial charge in [0.15, 0.2) is 0 Å². The molecule has 0 radical (unpaired) electrons. The van der Waals surface area contributed by atoms with Crippen molar-refractivity contribution in [3.63, 3.8) is 0 Å². The van der Waals surface area contributed by atoms with Crippen molar-refractivity contribution in [1.29, 1.82) is 0 Å². The van der Waals surface area contributed by atoms with Crippen LogP contribution in [-0.4, -0.2) is 24.7 Å². The topological polar surface area (TPSA) is 77.0 Å². The first-order valence-electron chi connectivity index (χ1n) is 13.2. The van der Waals surface area contributed by atoms with Crippen LogP contribution in [0, 0.1) is 0 Å².